The van der Waals surface area contributed by atoms with E-state index in [2.05, 4.69) is 23.4 Å². The Kier molecular flexibility index (Phi) is 7.83. The Morgan fingerprint density at radius 2 is 1.95 bits per heavy atom. The van der Waals surface area contributed by atoms with E-state index in [9.17, 15) is 13.6 Å². The van der Waals surface area contributed by atoms with Crippen LogP contribution in [-0.4, -0.2) is 78.4 Å². The molecule has 1 atom stereocenters. The molecule has 1 aliphatic rings. The summed E-state index contributed by atoms with van der Waals surface area (Å²) in [6.07, 6.45) is 4.32. The van der Waals surface area contributed by atoms with Gasteiger partial charge in [-0.05, 0) is 44.5 Å². The number of hydrogen-bond donors (Lipinski definition) is 1. The lowest BCUT2D eigenvalue weighted by Crippen LogP contribution is -2.27. The van der Waals surface area contributed by atoms with Gasteiger partial charge in [-0.3, -0.25) is 9.48 Å². The maximum atomic E-state index is 15.0. The van der Waals surface area contributed by atoms with Crippen LogP contribution in [0.15, 0.2) is 24.9 Å². The van der Waals surface area contributed by atoms with Gasteiger partial charge in [-0.2, -0.15) is 5.10 Å². The van der Waals surface area contributed by atoms with Crippen LogP contribution in [0.5, 0.6) is 11.5 Å². The molecule has 0 spiro atoms. The SMILES string of the molecule is C=CC(=O)N1CC[C@H](n2nc(C#Cc3c(F)c(OC)cc(OC)c3F)c3c(N)ncc(CCN(C)C)c32)C1. The first-order chi connectivity index (χ1) is 18.2. The number of aromatic nitrogens is 3. The van der Waals surface area contributed by atoms with Gasteiger partial charge >= 0.3 is 0 Å². The van der Waals surface area contributed by atoms with E-state index in [1.165, 1.54) is 20.3 Å². The van der Waals surface area contributed by atoms with Gasteiger partial charge in [0, 0.05) is 31.9 Å². The number of likely N-dealkylation sites (tertiary alicyclic amines) is 1. The molecule has 1 saturated heterocycles. The molecule has 0 radical (unpaired) electrons. The number of nitrogens with two attached hydrogens (primary N) is 1. The van der Waals surface area contributed by atoms with E-state index in [4.69, 9.17) is 20.3 Å². The average Bonchev–Trinajstić information content (AvgIpc) is 3.54. The van der Waals surface area contributed by atoms with Crippen LogP contribution >= 0.6 is 0 Å². The lowest BCUT2D eigenvalue weighted by atomic mass is 10.1. The van der Waals surface area contributed by atoms with Crippen molar-refractivity contribution < 1.29 is 23.0 Å². The molecule has 1 aliphatic heterocycles. The van der Waals surface area contributed by atoms with Crippen molar-refractivity contribution in [3.05, 3.63) is 53.4 Å². The minimum Gasteiger partial charge on any atom is -0.493 e. The number of anilines is 1. The highest BCUT2D eigenvalue weighted by Gasteiger charge is 2.30. The van der Waals surface area contributed by atoms with Crippen molar-refractivity contribution in [3.63, 3.8) is 0 Å². The van der Waals surface area contributed by atoms with Crippen LogP contribution in [-0.2, 0) is 11.2 Å². The second kappa shape index (κ2) is 11.1. The lowest BCUT2D eigenvalue weighted by molar-refractivity contribution is -0.125. The number of carbonyl (C=O) groups is 1. The van der Waals surface area contributed by atoms with E-state index in [0.29, 0.717) is 31.3 Å². The third-order valence-electron chi connectivity index (χ3n) is 6.53. The van der Waals surface area contributed by atoms with Crippen molar-refractivity contribution in [2.75, 3.05) is 53.7 Å². The molecule has 0 unspecified atom stereocenters. The zero-order chi connectivity index (χ0) is 27.6. The Balaban J connectivity index is 1.89. The third kappa shape index (κ3) is 4.99. The van der Waals surface area contributed by atoms with Crippen molar-refractivity contribution in [1.29, 1.82) is 0 Å². The fourth-order valence-corrected chi connectivity index (χ4v) is 4.52. The number of methoxy groups -OCH3 is 2. The number of hydrogen-bond acceptors (Lipinski definition) is 7. The van der Waals surface area contributed by atoms with Crippen LogP contribution in [0.1, 0.15) is 29.3 Å². The number of likely N-dealkylation sites (N-methyl/N-ethyl adjacent to an activating group) is 1. The highest BCUT2D eigenvalue weighted by molar-refractivity contribution is 5.95. The van der Waals surface area contributed by atoms with Crippen LogP contribution in [0.2, 0.25) is 0 Å². The van der Waals surface area contributed by atoms with E-state index in [-0.39, 0.29) is 35.0 Å². The lowest BCUT2D eigenvalue weighted by Gasteiger charge is -2.17. The van der Waals surface area contributed by atoms with Crippen molar-refractivity contribution in [3.8, 4) is 23.3 Å². The van der Waals surface area contributed by atoms with E-state index in [1.54, 1.807) is 11.1 Å². The molecule has 11 heteroatoms. The topological polar surface area (TPSA) is 98.7 Å². The molecule has 1 amide bonds. The summed E-state index contributed by atoms with van der Waals surface area (Å²) in [5, 5.41) is 5.24. The van der Waals surface area contributed by atoms with Gasteiger partial charge in [0.25, 0.3) is 0 Å². The zero-order valence-corrected chi connectivity index (χ0v) is 21.8. The Labute approximate surface area is 219 Å². The number of halogens is 2. The fraction of sp³-hybridized carbons (Fsp3) is 0.370. The maximum absolute atomic E-state index is 15.0. The number of rotatable bonds is 7. The molecule has 2 N–H and O–H groups in total. The zero-order valence-electron chi connectivity index (χ0n) is 21.8. The summed E-state index contributed by atoms with van der Waals surface area (Å²) in [6.45, 7) is 5.30. The molecule has 9 nitrogen and oxygen atoms in total. The molecule has 4 rings (SSSR count). The number of ether oxygens (including phenoxy) is 2. The van der Waals surface area contributed by atoms with Crippen molar-refractivity contribution in [2.45, 2.75) is 18.9 Å². The normalized spacial score (nSPS) is 15.0. The molecule has 1 aromatic carbocycles. The second-order valence-electron chi connectivity index (χ2n) is 9.20. The van der Waals surface area contributed by atoms with Crippen molar-refractivity contribution in [1.82, 2.24) is 24.6 Å². The summed E-state index contributed by atoms with van der Waals surface area (Å²) in [4.78, 5) is 20.3. The van der Waals surface area contributed by atoms with Gasteiger partial charge in [0.05, 0.1) is 31.2 Å². The highest BCUT2D eigenvalue weighted by atomic mass is 19.1. The van der Waals surface area contributed by atoms with Gasteiger partial charge in [0.15, 0.2) is 23.1 Å². The molecular formula is C27H30F2N6O3. The largest absolute Gasteiger partial charge is 0.493 e. The summed E-state index contributed by atoms with van der Waals surface area (Å²) in [5.74, 6) is 3.12. The smallest absolute Gasteiger partial charge is 0.246 e. The standard InChI is InChI=1S/C27H30F2N6O3/c1-6-22(36)34-12-10-17(15-34)35-26-16(9-11-33(2)3)14-31-27(30)23(26)19(32-35)8-7-18-24(28)20(37-4)13-21(38-5)25(18)29/h6,13-14,17H,1,9-12,15H2,2-5H3,(H2,30,31)/t17-/m0/s1. The summed E-state index contributed by atoms with van der Waals surface area (Å²) in [6, 6.07) is 0.970. The molecule has 1 fully saturated rings. The summed E-state index contributed by atoms with van der Waals surface area (Å²) >= 11 is 0. The van der Waals surface area contributed by atoms with Crippen LogP contribution < -0.4 is 15.2 Å². The molecule has 0 aliphatic carbocycles. The highest BCUT2D eigenvalue weighted by Crippen LogP contribution is 2.33. The molecule has 3 aromatic rings. The Bertz CT molecular complexity index is 1430. The van der Waals surface area contributed by atoms with Gasteiger partial charge < -0.3 is 25.0 Å². The van der Waals surface area contributed by atoms with E-state index >= 15 is 0 Å². The predicted octanol–water partition coefficient (Wildman–Crippen LogP) is 2.77. The van der Waals surface area contributed by atoms with Gasteiger partial charge in [-0.1, -0.05) is 12.5 Å². The third-order valence-corrected chi connectivity index (χ3v) is 6.53. The molecule has 3 heterocycles. The summed E-state index contributed by atoms with van der Waals surface area (Å²) in [5.41, 5.74) is 7.66. The first-order valence-corrected chi connectivity index (χ1v) is 12.0. The van der Waals surface area contributed by atoms with Crippen molar-refractivity contribution >= 4 is 22.6 Å². The van der Waals surface area contributed by atoms with E-state index in [1.807, 2.05) is 23.7 Å². The van der Waals surface area contributed by atoms with Gasteiger partial charge in [0.2, 0.25) is 5.91 Å². The minimum absolute atomic E-state index is 0.151. The Morgan fingerprint density at radius 1 is 1.26 bits per heavy atom. The van der Waals surface area contributed by atoms with Gasteiger partial charge in [-0.15, -0.1) is 0 Å². The molecule has 0 saturated carbocycles. The number of benzene rings is 1. The quantitative estimate of drug-likeness (QED) is 0.375. The Hall–Kier alpha value is -4.17. The second-order valence-corrected chi connectivity index (χ2v) is 9.20. The summed E-state index contributed by atoms with van der Waals surface area (Å²) in [7, 11) is 6.48. The van der Waals surface area contributed by atoms with Gasteiger partial charge in [-0.25, -0.2) is 13.8 Å². The number of amides is 1. The molecular weight excluding hydrogens is 494 g/mol. The minimum atomic E-state index is -0.950. The predicted molar refractivity (Wildman–Crippen MR) is 140 cm³/mol. The average molecular weight is 525 g/mol. The summed E-state index contributed by atoms with van der Waals surface area (Å²) < 4.78 is 41.8. The molecule has 38 heavy (non-hydrogen) atoms. The van der Waals surface area contributed by atoms with Crippen LogP contribution in [0, 0.1) is 23.5 Å². The Morgan fingerprint density at radius 3 is 2.55 bits per heavy atom. The van der Waals surface area contributed by atoms with Crippen LogP contribution in [0.4, 0.5) is 14.6 Å². The van der Waals surface area contributed by atoms with E-state index < -0.39 is 17.2 Å². The molecule has 0 bridgehead atoms. The first kappa shape index (κ1) is 26.9. The number of pyridine rings is 1. The number of fused-ring (bicyclic) bond motifs is 1. The number of carbonyl (C=O) groups excluding carboxylic acids is 1. The van der Waals surface area contributed by atoms with Gasteiger partial charge in [0.1, 0.15) is 17.1 Å². The molecule has 200 valence electrons. The first-order valence-electron chi connectivity index (χ1n) is 12.0. The van der Waals surface area contributed by atoms with Crippen LogP contribution in [0.25, 0.3) is 10.9 Å². The van der Waals surface area contributed by atoms with E-state index in [0.717, 1.165) is 23.7 Å². The van der Waals surface area contributed by atoms with Crippen LogP contribution in [0.3, 0.4) is 0 Å². The monoisotopic (exact) mass is 524 g/mol. The maximum Gasteiger partial charge on any atom is 0.246 e. The molecule has 2 aromatic heterocycles. The number of nitrogen functional groups attached to an aromatic ring is 1. The van der Waals surface area contributed by atoms with Crippen molar-refractivity contribution in [2.24, 2.45) is 0 Å². The fourth-order valence-electron chi connectivity index (χ4n) is 4.52. The number of nitrogens with zero attached hydrogens (tertiary/aromatic N) is 5.